The Hall–Kier alpha value is -3.07. The average molecular weight is 345 g/mol. The van der Waals surface area contributed by atoms with E-state index in [4.69, 9.17) is 4.74 Å². The molecule has 0 fully saturated rings. The van der Waals surface area contributed by atoms with Crippen molar-refractivity contribution in [3.63, 3.8) is 0 Å². The van der Waals surface area contributed by atoms with Crippen LogP contribution in [0.1, 0.15) is 18.9 Å². The number of carbonyl (C=O) groups is 1. The van der Waals surface area contributed by atoms with Gasteiger partial charge in [-0.25, -0.2) is 4.79 Å². The van der Waals surface area contributed by atoms with E-state index in [1.165, 1.54) is 5.56 Å². The van der Waals surface area contributed by atoms with Gasteiger partial charge in [0, 0.05) is 5.69 Å². The molecule has 132 valence electrons. The predicted molar refractivity (Wildman–Crippen MR) is 106 cm³/mol. The summed E-state index contributed by atoms with van der Waals surface area (Å²) in [6.45, 7) is 1.92. The molecule has 0 aliphatic rings. The lowest BCUT2D eigenvalue weighted by atomic mass is 10.1. The Labute approximate surface area is 154 Å². The van der Waals surface area contributed by atoms with Crippen LogP contribution in [-0.2, 0) is 11.2 Å². The normalized spacial score (nSPS) is 11.6. The summed E-state index contributed by atoms with van der Waals surface area (Å²) in [6.07, 6.45) is 1.13. The highest BCUT2D eigenvalue weighted by Crippen LogP contribution is 2.21. The molecule has 3 aromatic rings. The fourth-order valence-electron chi connectivity index (χ4n) is 2.78. The van der Waals surface area contributed by atoms with E-state index in [1.54, 1.807) is 0 Å². The van der Waals surface area contributed by atoms with Gasteiger partial charge in [0.2, 0.25) is 0 Å². The molecule has 0 bridgehead atoms. The molecule has 1 unspecified atom stereocenters. The van der Waals surface area contributed by atoms with E-state index in [0.29, 0.717) is 0 Å². The summed E-state index contributed by atoms with van der Waals surface area (Å²) in [5, 5.41) is 2.79. The van der Waals surface area contributed by atoms with Crippen LogP contribution >= 0.6 is 0 Å². The summed E-state index contributed by atoms with van der Waals surface area (Å²) in [7, 11) is 0. The maximum Gasteiger partial charge on any atom is 0.411 e. The van der Waals surface area contributed by atoms with Gasteiger partial charge in [0.1, 0.15) is 6.10 Å². The summed E-state index contributed by atoms with van der Waals surface area (Å²) >= 11 is 0. The first-order chi connectivity index (χ1) is 12.7. The lowest BCUT2D eigenvalue weighted by molar-refractivity contribution is 0.116. The van der Waals surface area contributed by atoms with E-state index >= 15 is 0 Å². The van der Waals surface area contributed by atoms with E-state index in [1.807, 2.05) is 67.6 Å². The molecule has 0 aliphatic carbocycles. The van der Waals surface area contributed by atoms with Crippen LogP contribution in [0.25, 0.3) is 11.1 Å². The third-order valence-electron chi connectivity index (χ3n) is 4.23. The van der Waals surface area contributed by atoms with Crippen LogP contribution in [-0.4, -0.2) is 12.2 Å². The lowest BCUT2D eigenvalue weighted by Gasteiger charge is -2.14. The second kappa shape index (κ2) is 8.86. The van der Waals surface area contributed by atoms with Crippen molar-refractivity contribution in [3.05, 3.63) is 90.5 Å². The first-order valence-corrected chi connectivity index (χ1v) is 8.88. The van der Waals surface area contributed by atoms with E-state index in [0.717, 1.165) is 29.7 Å². The Morgan fingerprint density at radius 3 is 2.08 bits per heavy atom. The van der Waals surface area contributed by atoms with Crippen molar-refractivity contribution >= 4 is 11.8 Å². The predicted octanol–water partition coefficient (Wildman–Crippen LogP) is 5.92. The minimum atomic E-state index is -0.418. The number of carbonyl (C=O) groups excluding carboxylic acids is 1. The molecular formula is C23H23NO2. The van der Waals surface area contributed by atoms with Crippen LogP contribution in [0.3, 0.4) is 0 Å². The second-order valence-corrected chi connectivity index (χ2v) is 6.31. The lowest BCUT2D eigenvalue weighted by Crippen LogP contribution is -2.20. The van der Waals surface area contributed by atoms with Gasteiger partial charge in [-0.3, -0.25) is 5.32 Å². The maximum absolute atomic E-state index is 12.1. The van der Waals surface area contributed by atoms with Crippen molar-refractivity contribution in [1.29, 1.82) is 0 Å². The maximum atomic E-state index is 12.1. The molecular weight excluding hydrogens is 322 g/mol. The van der Waals surface area contributed by atoms with Gasteiger partial charge in [0.25, 0.3) is 0 Å². The van der Waals surface area contributed by atoms with Crippen LogP contribution < -0.4 is 5.32 Å². The molecule has 0 aromatic heterocycles. The van der Waals surface area contributed by atoms with Gasteiger partial charge in [0.05, 0.1) is 0 Å². The highest BCUT2D eigenvalue weighted by molar-refractivity contribution is 5.85. The molecule has 0 saturated carbocycles. The summed E-state index contributed by atoms with van der Waals surface area (Å²) in [5.74, 6) is 0. The van der Waals surface area contributed by atoms with Crippen LogP contribution in [0.15, 0.2) is 84.9 Å². The molecule has 26 heavy (non-hydrogen) atoms. The summed E-state index contributed by atoms with van der Waals surface area (Å²) in [6, 6.07) is 28.1. The van der Waals surface area contributed by atoms with Gasteiger partial charge >= 0.3 is 6.09 Å². The van der Waals surface area contributed by atoms with Crippen molar-refractivity contribution in [2.24, 2.45) is 0 Å². The zero-order chi connectivity index (χ0) is 18.2. The summed E-state index contributed by atoms with van der Waals surface area (Å²) in [5.41, 5.74) is 4.24. The number of hydrogen-bond acceptors (Lipinski definition) is 2. The minimum absolute atomic E-state index is 0.140. The molecule has 3 nitrogen and oxygen atoms in total. The molecule has 3 heteroatoms. The van der Waals surface area contributed by atoms with Crippen molar-refractivity contribution in [2.45, 2.75) is 25.9 Å². The quantitative estimate of drug-likeness (QED) is 0.602. The fourth-order valence-corrected chi connectivity index (χ4v) is 2.78. The number of aryl methyl sites for hydroxylation is 1. The Bertz CT molecular complexity index is 814. The minimum Gasteiger partial charge on any atom is -0.446 e. The van der Waals surface area contributed by atoms with Crippen molar-refractivity contribution in [3.8, 4) is 11.1 Å². The molecule has 0 aliphatic heterocycles. The summed E-state index contributed by atoms with van der Waals surface area (Å²) in [4.78, 5) is 12.1. The van der Waals surface area contributed by atoms with Crippen molar-refractivity contribution in [2.75, 3.05) is 5.32 Å². The number of amides is 1. The third-order valence-corrected chi connectivity index (χ3v) is 4.23. The van der Waals surface area contributed by atoms with Crippen LogP contribution in [0.5, 0.6) is 0 Å². The van der Waals surface area contributed by atoms with Gasteiger partial charge in [-0.15, -0.1) is 0 Å². The fraction of sp³-hybridized carbons (Fsp3) is 0.174. The molecule has 1 atom stereocenters. The summed E-state index contributed by atoms with van der Waals surface area (Å²) < 4.78 is 5.44. The number of ether oxygens (including phenoxy) is 1. The van der Waals surface area contributed by atoms with Crippen molar-refractivity contribution in [1.82, 2.24) is 0 Å². The molecule has 0 saturated heterocycles. The average Bonchev–Trinajstić information content (AvgIpc) is 2.68. The topological polar surface area (TPSA) is 38.3 Å². The van der Waals surface area contributed by atoms with E-state index < -0.39 is 6.09 Å². The van der Waals surface area contributed by atoms with Gasteiger partial charge in [0.15, 0.2) is 0 Å². The van der Waals surface area contributed by atoms with Gasteiger partial charge < -0.3 is 4.74 Å². The number of nitrogens with one attached hydrogen (secondary N) is 1. The van der Waals surface area contributed by atoms with Crippen LogP contribution in [0.4, 0.5) is 10.5 Å². The molecule has 1 N–H and O–H groups in total. The smallest absolute Gasteiger partial charge is 0.411 e. The SMILES string of the molecule is CC(CCc1ccccc1)OC(=O)Nc1ccc(-c2ccccc2)cc1. The zero-order valence-electron chi connectivity index (χ0n) is 14.9. The molecule has 0 radical (unpaired) electrons. The third kappa shape index (κ3) is 5.21. The highest BCUT2D eigenvalue weighted by Gasteiger charge is 2.10. The van der Waals surface area contributed by atoms with Crippen LogP contribution in [0.2, 0.25) is 0 Å². The van der Waals surface area contributed by atoms with E-state index in [9.17, 15) is 4.79 Å². The number of benzene rings is 3. The number of hydrogen-bond donors (Lipinski definition) is 1. The molecule has 3 rings (SSSR count). The molecule has 3 aromatic carbocycles. The van der Waals surface area contributed by atoms with Crippen LogP contribution in [0, 0.1) is 0 Å². The molecule has 1 amide bonds. The second-order valence-electron chi connectivity index (χ2n) is 6.31. The first-order valence-electron chi connectivity index (χ1n) is 8.88. The highest BCUT2D eigenvalue weighted by atomic mass is 16.6. The van der Waals surface area contributed by atoms with E-state index in [2.05, 4.69) is 29.6 Å². The van der Waals surface area contributed by atoms with Gasteiger partial charge in [-0.1, -0.05) is 72.8 Å². The largest absolute Gasteiger partial charge is 0.446 e. The monoisotopic (exact) mass is 345 g/mol. The Morgan fingerprint density at radius 2 is 1.42 bits per heavy atom. The molecule has 0 heterocycles. The first kappa shape index (κ1) is 17.7. The Kier molecular flexibility index (Phi) is 6.05. The standard InChI is InChI=1S/C23H23NO2/c1-18(12-13-19-8-4-2-5-9-19)26-23(25)24-22-16-14-21(15-17-22)20-10-6-3-7-11-20/h2-11,14-18H,12-13H2,1H3,(H,24,25). The Morgan fingerprint density at radius 1 is 0.846 bits per heavy atom. The van der Waals surface area contributed by atoms with E-state index in [-0.39, 0.29) is 6.10 Å². The van der Waals surface area contributed by atoms with Gasteiger partial charge in [-0.2, -0.15) is 0 Å². The number of rotatable bonds is 6. The van der Waals surface area contributed by atoms with Gasteiger partial charge in [-0.05, 0) is 48.6 Å². The molecule has 0 spiro atoms. The zero-order valence-corrected chi connectivity index (χ0v) is 14.9. The number of anilines is 1. The van der Waals surface area contributed by atoms with Crippen molar-refractivity contribution < 1.29 is 9.53 Å². The Balaban J connectivity index is 1.48.